The number of aryl methyl sites for hydroxylation is 2. The van der Waals surface area contributed by atoms with Crippen molar-refractivity contribution in [3.63, 3.8) is 0 Å². The summed E-state index contributed by atoms with van der Waals surface area (Å²) >= 11 is 0. The molecule has 1 aliphatic rings. The van der Waals surface area contributed by atoms with E-state index < -0.39 is 0 Å². The lowest BCUT2D eigenvalue weighted by Gasteiger charge is -2.29. The standard InChI is InChI=1S/C22H31N5O2/c1-4-19-18(20(5-2)29-26-19)13-24-22(23-6-3)25-14-21(28)27-12-11-16-9-7-8-10-17(16)15-27/h7-10H,4-6,11-15H2,1-3H3,(H2,23,24,25). The third kappa shape index (κ3) is 5.16. The van der Waals surface area contributed by atoms with E-state index >= 15 is 0 Å². The van der Waals surface area contributed by atoms with Gasteiger partial charge >= 0.3 is 0 Å². The number of nitrogens with one attached hydrogen (secondary N) is 2. The van der Waals surface area contributed by atoms with Gasteiger partial charge in [0.2, 0.25) is 5.91 Å². The highest BCUT2D eigenvalue weighted by Crippen LogP contribution is 2.18. The van der Waals surface area contributed by atoms with Gasteiger partial charge in [-0.3, -0.25) is 4.79 Å². The van der Waals surface area contributed by atoms with E-state index in [1.165, 1.54) is 11.1 Å². The minimum absolute atomic E-state index is 0.0820. The molecule has 0 radical (unpaired) electrons. The van der Waals surface area contributed by atoms with E-state index in [0.717, 1.165) is 49.4 Å². The number of carbonyl (C=O) groups excluding carboxylic acids is 1. The van der Waals surface area contributed by atoms with Crippen LogP contribution in [-0.2, 0) is 37.1 Å². The summed E-state index contributed by atoms with van der Waals surface area (Å²) in [6.45, 7) is 8.97. The van der Waals surface area contributed by atoms with Gasteiger partial charge < -0.3 is 20.1 Å². The van der Waals surface area contributed by atoms with Crippen molar-refractivity contribution in [2.75, 3.05) is 19.6 Å². The van der Waals surface area contributed by atoms with Crippen molar-refractivity contribution in [1.82, 2.24) is 20.7 Å². The van der Waals surface area contributed by atoms with Gasteiger partial charge in [-0.2, -0.15) is 0 Å². The third-order valence-electron chi connectivity index (χ3n) is 5.24. The molecule has 2 heterocycles. The number of nitrogens with zero attached hydrogens (tertiary/aromatic N) is 3. The second-order valence-electron chi connectivity index (χ2n) is 7.12. The van der Waals surface area contributed by atoms with Crippen LogP contribution in [0.5, 0.6) is 0 Å². The van der Waals surface area contributed by atoms with Crippen LogP contribution in [0.15, 0.2) is 33.8 Å². The number of carbonyl (C=O) groups is 1. The average Bonchev–Trinajstić information content (AvgIpc) is 3.17. The number of benzene rings is 1. The number of guanidine groups is 1. The van der Waals surface area contributed by atoms with Crippen molar-refractivity contribution in [1.29, 1.82) is 0 Å². The number of hydrogen-bond acceptors (Lipinski definition) is 4. The molecule has 0 bridgehead atoms. The maximum atomic E-state index is 12.7. The molecule has 0 fully saturated rings. The molecule has 1 aromatic heterocycles. The van der Waals surface area contributed by atoms with Crippen molar-refractivity contribution in [3.05, 3.63) is 52.4 Å². The van der Waals surface area contributed by atoms with E-state index in [4.69, 9.17) is 4.52 Å². The largest absolute Gasteiger partial charge is 0.361 e. The Morgan fingerprint density at radius 3 is 2.69 bits per heavy atom. The first kappa shape index (κ1) is 20.9. The van der Waals surface area contributed by atoms with Gasteiger partial charge in [-0.15, -0.1) is 0 Å². The maximum Gasteiger partial charge on any atom is 0.242 e. The fourth-order valence-electron chi connectivity index (χ4n) is 3.60. The second-order valence-corrected chi connectivity index (χ2v) is 7.12. The first-order valence-corrected chi connectivity index (χ1v) is 10.5. The number of aromatic nitrogens is 1. The van der Waals surface area contributed by atoms with Crippen LogP contribution in [0.1, 0.15) is 48.9 Å². The summed E-state index contributed by atoms with van der Waals surface area (Å²) in [4.78, 5) is 19.3. The van der Waals surface area contributed by atoms with Crippen molar-refractivity contribution in [2.24, 2.45) is 4.99 Å². The van der Waals surface area contributed by atoms with Gasteiger partial charge in [0.05, 0.1) is 18.8 Å². The highest BCUT2D eigenvalue weighted by molar-refractivity contribution is 5.86. The van der Waals surface area contributed by atoms with Crippen LogP contribution < -0.4 is 10.6 Å². The van der Waals surface area contributed by atoms with E-state index in [2.05, 4.69) is 45.9 Å². The molecule has 3 rings (SSSR count). The quantitative estimate of drug-likeness (QED) is 0.554. The molecule has 0 saturated carbocycles. The Morgan fingerprint density at radius 2 is 1.97 bits per heavy atom. The summed E-state index contributed by atoms with van der Waals surface area (Å²) in [5.74, 6) is 1.59. The van der Waals surface area contributed by atoms with Gasteiger partial charge in [0.1, 0.15) is 5.76 Å². The minimum Gasteiger partial charge on any atom is -0.361 e. The van der Waals surface area contributed by atoms with Crippen LogP contribution in [0.25, 0.3) is 0 Å². The smallest absolute Gasteiger partial charge is 0.242 e. The topological polar surface area (TPSA) is 82.8 Å². The zero-order valence-corrected chi connectivity index (χ0v) is 17.6. The predicted octanol–water partition coefficient (Wildman–Crippen LogP) is 2.44. The van der Waals surface area contributed by atoms with Gasteiger partial charge in [-0.05, 0) is 30.9 Å². The molecule has 0 aliphatic carbocycles. The number of hydrogen-bond donors (Lipinski definition) is 2. The molecule has 156 valence electrons. The fraction of sp³-hybridized carbons (Fsp3) is 0.500. The van der Waals surface area contributed by atoms with Gasteiger partial charge in [0, 0.05) is 31.6 Å². The van der Waals surface area contributed by atoms with E-state index in [9.17, 15) is 4.79 Å². The van der Waals surface area contributed by atoms with E-state index in [0.29, 0.717) is 19.0 Å². The Bertz CT molecular complexity index is 837. The Kier molecular flexibility index (Phi) is 7.27. The predicted molar refractivity (Wildman–Crippen MR) is 114 cm³/mol. The molecular weight excluding hydrogens is 366 g/mol. The summed E-state index contributed by atoms with van der Waals surface area (Å²) in [5, 5.41) is 10.5. The molecule has 29 heavy (non-hydrogen) atoms. The highest BCUT2D eigenvalue weighted by atomic mass is 16.5. The average molecular weight is 398 g/mol. The lowest BCUT2D eigenvalue weighted by Crippen LogP contribution is -2.46. The van der Waals surface area contributed by atoms with Crippen molar-refractivity contribution in [2.45, 2.75) is 53.1 Å². The molecule has 1 amide bonds. The number of fused-ring (bicyclic) bond motifs is 1. The lowest BCUT2D eigenvalue weighted by molar-refractivity contribution is -0.130. The normalized spacial score (nSPS) is 13.9. The minimum atomic E-state index is 0.0820. The van der Waals surface area contributed by atoms with Crippen LogP contribution in [0.3, 0.4) is 0 Å². The molecule has 0 spiro atoms. The van der Waals surface area contributed by atoms with Gasteiger partial charge in [0.15, 0.2) is 5.96 Å². The maximum absolute atomic E-state index is 12.7. The summed E-state index contributed by atoms with van der Waals surface area (Å²) < 4.78 is 5.41. The lowest BCUT2D eigenvalue weighted by atomic mass is 10.00. The van der Waals surface area contributed by atoms with Crippen LogP contribution >= 0.6 is 0 Å². The summed E-state index contributed by atoms with van der Waals surface area (Å²) in [7, 11) is 0. The highest BCUT2D eigenvalue weighted by Gasteiger charge is 2.20. The molecule has 7 heteroatoms. The summed E-state index contributed by atoms with van der Waals surface area (Å²) in [6, 6.07) is 8.33. The fourth-order valence-corrected chi connectivity index (χ4v) is 3.60. The molecule has 1 aliphatic heterocycles. The molecule has 0 atom stereocenters. The number of aliphatic imine (C=N–C) groups is 1. The Morgan fingerprint density at radius 1 is 1.17 bits per heavy atom. The monoisotopic (exact) mass is 397 g/mol. The summed E-state index contributed by atoms with van der Waals surface area (Å²) in [6.07, 6.45) is 2.51. The van der Waals surface area contributed by atoms with E-state index in [1.807, 2.05) is 24.8 Å². The molecular formula is C22H31N5O2. The summed E-state index contributed by atoms with van der Waals surface area (Å²) in [5.41, 5.74) is 4.57. The van der Waals surface area contributed by atoms with Crippen LogP contribution in [0.4, 0.5) is 0 Å². The van der Waals surface area contributed by atoms with Crippen LogP contribution in [0.2, 0.25) is 0 Å². The van der Waals surface area contributed by atoms with E-state index in [1.54, 1.807) is 0 Å². The second kappa shape index (κ2) is 10.1. The van der Waals surface area contributed by atoms with Gasteiger partial charge in [-0.25, -0.2) is 4.99 Å². The first-order valence-electron chi connectivity index (χ1n) is 10.5. The number of rotatable bonds is 7. The number of amides is 1. The Hall–Kier alpha value is -2.83. The molecule has 2 N–H and O–H groups in total. The molecule has 1 aromatic carbocycles. The molecule has 2 aromatic rings. The Balaban J connectivity index is 1.60. The van der Waals surface area contributed by atoms with Gasteiger partial charge in [0.25, 0.3) is 0 Å². The zero-order valence-electron chi connectivity index (χ0n) is 17.6. The zero-order chi connectivity index (χ0) is 20.6. The van der Waals surface area contributed by atoms with Gasteiger partial charge in [-0.1, -0.05) is 43.3 Å². The SMILES string of the molecule is CCNC(=NCc1c(CC)noc1CC)NCC(=O)N1CCc2ccccc2C1. The van der Waals surface area contributed by atoms with Crippen LogP contribution in [0, 0.1) is 0 Å². The first-order chi connectivity index (χ1) is 14.2. The van der Waals surface area contributed by atoms with E-state index in [-0.39, 0.29) is 12.5 Å². The molecule has 0 saturated heterocycles. The van der Waals surface area contributed by atoms with Crippen molar-refractivity contribution < 1.29 is 9.32 Å². The van der Waals surface area contributed by atoms with Crippen molar-refractivity contribution >= 4 is 11.9 Å². The molecule has 0 unspecified atom stereocenters. The molecule has 7 nitrogen and oxygen atoms in total. The Labute approximate surface area is 172 Å². The van der Waals surface area contributed by atoms with Crippen molar-refractivity contribution in [3.8, 4) is 0 Å². The van der Waals surface area contributed by atoms with Crippen LogP contribution in [-0.4, -0.2) is 41.6 Å². The third-order valence-corrected chi connectivity index (χ3v) is 5.24.